The van der Waals surface area contributed by atoms with Gasteiger partial charge in [-0.3, -0.25) is 4.79 Å². The van der Waals surface area contributed by atoms with Gasteiger partial charge in [0.25, 0.3) is 0 Å². The number of thioether (sulfide) groups is 1. The highest BCUT2D eigenvalue weighted by Gasteiger charge is 2.08. The number of rotatable bonds is 4. The molecule has 0 spiro atoms. The van der Waals surface area contributed by atoms with E-state index in [9.17, 15) is 9.59 Å². The minimum absolute atomic E-state index is 0.102. The van der Waals surface area contributed by atoms with Gasteiger partial charge in [0.15, 0.2) is 5.16 Å². The highest BCUT2D eigenvalue weighted by atomic mass is 32.2. The maximum Gasteiger partial charge on any atom is 0.323 e. The Morgan fingerprint density at radius 3 is 2.57 bits per heavy atom. The van der Waals surface area contributed by atoms with Crippen molar-refractivity contribution >= 4 is 46.0 Å². The molecule has 0 aliphatic rings. The number of nitrogens with zero attached hydrogens (tertiary/aromatic N) is 2. The number of carbonyl (C=O) groups excluding carboxylic acids is 1. The van der Waals surface area contributed by atoms with Gasteiger partial charge in [-0.25, -0.2) is 14.8 Å². The van der Waals surface area contributed by atoms with Gasteiger partial charge < -0.3 is 26.8 Å². The number of benzene rings is 1. The van der Waals surface area contributed by atoms with E-state index in [1.165, 1.54) is 6.07 Å². The van der Waals surface area contributed by atoms with Crippen LogP contribution in [0.25, 0.3) is 11.0 Å². The van der Waals surface area contributed by atoms with Crippen LogP contribution in [0.5, 0.6) is 0 Å². The molecule has 0 aliphatic heterocycles. The molecule has 1 aromatic carbocycles. The van der Waals surface area contributed by atoms with E-state index in [2.05, 4.69) is 25.3 Å². The lowest BCUT2D eigenvalue weighted by atomic mass is 10.3. The number of carbonyl (C=O) groups is 1. The topological polar surface area (TPSA) is 156 Å². The third kappa shape index (κ3) is 3.61. The molecule has 2 aromatic heterocycles. The van der Waals surface area contributed by atoms with Crippen LogP contribution >= 0.6 is 11.8 Å². The molecule has 0 radical (unpaired) electrons. The number of anilines is 3. The second kappa shape index (κ2) is 6.01. The van der Waals surface area contributed by atoms with Crippen LogP contribution < -0.4 is 22.5 Å². The number of nitrogen functional groups attached to an aromatic ring is 2. The zero-order valence-corrected chi connectivity index (χ0v) is 12.6. The summed E-state index contributed by atoms with van der Waals surface area (Å²) >= 11 is 1.13. The van der Waals surface area contributed by atoms with Crippen molar-refractivity contribution in [3.8, 4) is 0 Å². The molecular formula is C13H13N7O2S. The fourth-order valence-corrected chi connectivity index (χ4v) is 2.64. The number of aromatic nitrogens is 4. The van der Waals surface area contributed by atoms with Crippen LogP contribution in [0.15, 0.2) is 34.2 Å². The molecule has 0 fully saturated rings. The Hall–Kier alpha value is -3.01. The Balaban J connectivity index is 1.64. The molecule has 0 unspecified atom stereocenters. The molecule has 0 atom stereocenters. The summed E-state index contributed by atoms with van der Waals surface area (Å²) < 4.78 is 0. The number of aromatic amines is 2. The van der Waals surface area contributed by atoms with Gasteiger partial charge in [-0.15, -0.1) is 0 Å². The van der Waals surface area contributed by atoms with Gasteiger partial charge in [0.2, 0.25) is 5.91 Å². The highest BCUT2D eigenvalue weighted by Crippen LogP contribution is 2.18. The zero-order chi connectivity index (χ0) is 16.4. The maximum atomic E-state index is 12.0. The molecule has 118 valence electrons. The van der Waals surface area contributed by atoms with Gasteiger partial charge in [-0.2, -0.15) is 0 Å². The zero-order valence-electron chi connectivity index (χ0n) is 11.8. The summed E-state index contributed by atoms with van der Waals surface area (Å²) in [5.41, 5.74) is 12.7. The summed E-state index contributed by atoms with van der Waals surface area (Å²) in [6, 6.07) is 6.52. The average Bonchev–Trinajstić information content (AvgIpc) is 2.83. The van der Waals surface area contributed by atoms with Crippen molar-refractivity contribution in [2.75, 3.05) is 22.5 Å². The van der Waals surface area contributed by atoms with Crippen molar-refractivity contribution in [2.24, 2.45) is 0 Å². The molecule has 0 saturated heterocycles. The van der Waals surface area contributed by atoms with Crippen LogP contribution in [0.3, 0.4) is 0 Å². The second-order valence-electron chi connectivity index (χ2n) is 4.68. The molecule has 1 amide bonds. The molecule has 0 saturated carbocycles. The first-order valence-electron chi connectivity index (χ1n) is 6.54. The SMILES string of the molecule is Nc1cc(N)nc(SCC(=O)Nc2ccc3[nH]c(=O)[nH]c3c2)n1. The van der Waals surface area contributed by atoms with Gasteiger partial charge in [0, 0.05) is 11.8 Å². The molecular weight excluding hydrogens is 318 g/mol. The van der Waals surface area contributed by atoms with Crippen molar-refractivity contribution in [3.05, 3.63) is 34.7 Å². The first-order chi connectivity index (χ1) is 11.0. The van der Waals surface area contributed by atoms with Crippen molar-refractivity contribution < 1.29 is 4.79 Å². The number of hydrogen-bond acceptors (Lipinski definition) is 7. The minimum atomic E-state index is -0.296. The quantitative estimate of drug-likeness (QED) is 0.345. The van der Waals surface area contributed by atoms with Gasteiger partial charge in [-0.05, 0) is 18.2 Å². The Labute approximate surface area is 133 Å². The molecule has 3 rings (SSSR count). The lowest BCUT2D eigenvalue weighted by molar-refractivity contribution is -0.113. The van der Waals surface area contributed by atoms with Gasteiger partial charge in [-0.1, -0.05) is 11.8 Å². The van der Waals surface area contributed by atoms with Crippen LogP contribution in [0.1, 0.15) is 0 Å². The Bertz CT molecular complexity index is 913. The molecule has 3 aromatic rings. The molecule has 9 nitrogen and oxygen atoms in total. The standard InChI is InChI=1S/C13H13N7O2S/c14-9-4-10(15)20-13(19-9)23-5-11(21)16-6-1-2-7-8(3-6)18-12(22)17-7/h1-4H,5H2,(H,16,21)(H2,17,18,22)(H4,14,15,19,20). The second-order valence-corrected chi connectivity index (χ2v) is 5.62. The van der Waals surface area contributed by atoms with Crippen LogP contribution in [-0.2, 0) is 4.79 Å². The Morgan fingerprint density at radius 2 is 1.83 bits per heavy atom. The average molecular weight is 331 g/mol. The van der Waals surface area contributed by atoms with Gasteiger partial charge >= 0.3 is 5.69 Å². The summed E-state index contributed by atoms with van der Waals surface area (Å²) in [7, 11) is 0. The number of H-pyrrole nitrogens is 2. The highest BCUT2D eigenvalue weighted by molar-refractivity contribution is 7.99. The van der Waals surface area contributed by atoms with Crippen molar-refractivity contribution in [3.63, 3.8) is 0 Å². The summed E-state index contributed by atoms with van der Waals surface area (Å²) in [5.74, 6) is 0.367. The number of hydrogen-bond donors (Lipinski definition) is 5. The fraction of sp³-hybridized carbons (Fsp3) is 0.0769. The molecule has 7 N–H and O–H groups in total. The number of nitrogens with one attached hydrogen (secondary N) is 3. The smallest absolute Gasteiger partial charge is 0.323 e. The van der Waals surface area contributed by atoms with E-state index in [0.29, 0.717) is 21.9 Å². The number of nitrogens with two attached hydrogens (primary N) is 2. The van der Waals surface area contributed by atoms with Crippen molar-refractivity contribution in [2.45, 2.75) is 5.16 Å². The van der Waals surface area contributed by atoms with Gasteiger partial charge in [0.05, 0.1) is 16.8 Å². The Kier molecular flexibility index (Phi) is 3.89. The maximum absolute atomic E-state index is 12.0. The van der Waals surface area contributed by atoms with Crippen LogP contribution in [0, 0.1) is 0 Å². The Morgan fingerprint density at radius 1 is 1.13 bits per heavy atom. The summed E-state index contributed by atoms with van der Waals surface area (Å²) in [6.45, 7) is 0. The molecule has 2 heterocycles. The third-order valence-electron chi connectivity index (χ3n) is 2.88. The molecule has 0 bridgehead atoms. The predicted molar refractivity (Wildman–Crippen MR) is 89.1 cm³/mol. The number of imidazole rings is 1. The van der Waals surface area contributed by atoms with Crippen LogP contribution in [0.4, 0.5) is 17.3 Å². The van der Waals surface area contributed by atoms with Crippen molar-refractivity contribution in [1.29, 1.82) is 0 Å². The molecule has 10 heteroatoms. The van der Waals surface area contributed by atoms with Crippen LogP contribution in [-0.4, -0.2) is 31.6 Å². The normalized spacial score (nSPS) is 10.8. The van der Waals surface area contributed by atoms with E-state index in [1.54, 1.807) is 18.2 Å². The van der Waals surface area contributed by atoms with E-state index in [0.717, 1.165) is 11.8 Å². The van der Waals surface area contributed by atoms with Crippen LogP contribution in [0.2, 0.25) is 0 Å². The lowest BCUT2D eigenvalue weighted by Gasteiger charge is -2.05. The number of fused-ring (bicyclic) bond motifs is 1. The molecule has 0 aliphatic carbocycles. The summed E-state index contributed by atoms with van der Waals surface area (Å²) in [4.78, 5) is 36.4. The summed E-state index contributed by atoms with van der Waals surface area (Å²) in [6.07, 6.45) is 0. The molecule has 23 heavy (non-hydrogen) atoms. The monoisotopic (exact) mass is 331 g/mol. The first kappa shape index (κ1) is 14.9. The lowest BCUT2D eigenvalue weighted by Crippen LogP contribution is -2.14. The van der Waals surface area contributed by atoms with Crippen molar-refractivity contribution in [1.82, 2.24) is 19.9 Å². The third-order valence-corrected chi connectivity index (χ3v) is 3.72. The van der Waals surface area contributed by atoms with Gasteiger partial charge in [0.1, 0.15) is 11.6 Å². The number of amides is 1. The summed E-state index contributed by atoms with van der Waals surface area (Å²) in [5, 5.41) is 3.07. The largest absolute Gasteiger partial charge is 0.383 e. The minimum Gasteiger partial charge on any atom is -0.383 e. The van der Waals surface area contributed by atoms with E-state index < -0.39 is 0 Å². The van der Waals surface area contributed by atoms with E-state index in [-0.39, 0.29) is 29.0 Å². The van der Waals surface area contributed by atoms with E-state index in [1.807, 2.05) is 0 Å². The predicted octanol–water partition coefficient (Wildman–Crippen LogP) is 0.541. The fourth-order valence-electron chi connectivity index (χ4n) is 1.96. The van der Waals surface area contributed by atoms with E-state index in [4.69, 9.17) is 11.5 Å². The van der Waals surface area contributed by atoms with E-state index >= 15 is 0 Å². The first-order valence-corrected chi connectivity index (χ1v) is 7.53.